The van der Waals surface area contributed by atoms with Crippen molar-refractivity contribution in [2.75, 3.05) is 12.5 Å². The molecule has 0 aliphatic carbocycles. The first-order valence-corrected chi connectivity index (χ1v) is 3.43. The van der Waals surface area contributed by atoms with Crippen LogP contribution in [0.15, 0.2) is 0 Å². The summed E-state index contributed by atoms with van der Waals surface area (Å²) in [6, 6.07) is 0. The third-order valence-electron chi connectivity index (χ3n) is 0.897. The molecule has 1 unspecified atom stereocenters. The summed E-state index contributed by atoms with van der Waals surface area (Å²) in [5, 5.41) is 0. The lowest BCUT2D eigenvalue weighted by Crippen LogP contribution is -2.16. The van der Waals surface area contributed by atoms with Crippen molar-refractivity contribution in [2.45, 2.75) is 6.92 Å². The van der Waals surface area contributed by atoms with Gasteiger partial charge in [0.25, 0.3) is 0 Å². The van der Waals surface area contributed by atoms with Crippen LogP contribution >= 0.6 is 11.6 Å². The molecule has 0 spiro atoms. The number of ether oxygens (including phenoxy) is 1. The molecule has 0 aromatic rings. The molecule has 0 heterocycles. The van der Waals surface area contributed by atoms with Crippen molar-refractivity contribution in [1.29, 1.82) is 0 Å². The summed E-state index contributed by atoms with van der Waals surface area (Å²) in [7, 11) is 0. The smallest absolute Gasteiger partial charge is 0.315 e. The zero-order valence-electron chi connectivity index (χ0n) is 5.67. The number of halogens is 1. The molecule has 0 saturated heterocycles. The van der Waals surface area contributed by atoms with Crippen molar-refractivity contribution in [3.8, 4) is 0 Å². The highest BCUT2D eigenvalue weighted by molar-refractivity contribution is 6.18. The Kier molecular flexibility index (Phi) is 4.94. The van der Waals surface area contributed by atoms with Gasteiger partial charge in [-0.15, -0.1) is 11.6 Å². The van der Waals surface area contributed by atoms with Crippen molar-refractivity contribution >= 4 is 23.9 Å². The standard InChI is InChI=1S/C6H9ClO3/c1-5(4-8)6(9)10-3-2-7/h4-5H,2-3H2,1H3. The molecule has 0 N–H and O–H groups in total. The highest BCUT2D eigenvalue weighted by Crippen LogP contribution is 1.93. The lowest BCUT2D eigenvalue weighted by Gasteiger charge is -2.02. The molecular formula is C6H9ClO3. The Morgan fingerprint density at radius 2 is 2.40 bits per heavy atom. The predicted octanol–water partition coefficient (Wildman–Crippen LogP) is 0.603. The van der Waals surface area contributed by atoms with Gasteiger partial charge >= 0.3 is 5.97 Å². The first-order chi connectivity index (χ1) is 4.72. The van der Waals surface area contributed by atoms with Crippen LogP contribution in [-0.2, 0) is 14.3 Å². The summed E-state index contributed by atoms with van der Waals surface area (Å²) < 4.78 is 4.54. The Labute approximate surface area is 64.3 Å². The maximum Gasteiger partial charge on any atom is 0.315 e. The highest BCUT2D eigenvalue weighted by Gasteiger charge is 2.11. The molecule has 0 saturated carbocycles. The van der Waals surface area contributed by atoms with Gasteiger partial charge in [0.2, 0.25) is 0 Å². The fraction of sp³-hybridized carbons (Fsp3) is 0.667. The second-order valence-electron chi connectivity index (χ2n) is 1.78. The van der Waals surface area contributed by atoms with Crippen LogP contribution < -0.4 is 0 Å². The molecular weight excluding hydrogens is 156 g/mol. The average Bonchev–Trinajstić information content (AvgIpc) is 1.98. The summed E-state index contributed by atoms with van der Waals surface area (Å²) in [6.45, 7) is 1.64. The molecule has 0 aromatic carbocycles. The molecule has 0 radical (unpaired) electrons. The minimum Gasteiger partial charge on any atom is -0.464 e. The van der Waals surface area contributed by atoms with E-state index in [9.17, 15) is 9.59 Å². The van der Waals surface area contributed by atoms with E-state index in [1.54, 1.807) is 0 Å². The topological polar surface area (TPSA) is 43.4 Å². The number of aldehydes is 1. The second-order valence-corrected chi connectivity index (χ2v) is 2.16. The second kappa shape index (κ2) is 5.23. The Bertz CT molecular complexity index is 124. The van der Waals surface area contributed by atoms with Gasteiger partial charge < -0.3 is 9.53 Å². The number of hydrogen-bond acceptors (Lipinski definition) is 3. The average molecular weight is 165 g/mol. The van der Waals surface area contributed by atoms with Crippen molar-refractivity contribution in [2.24, 2.45) is 5.92 Å². The van der Waals surface area contributed by atoms with E-state index in [4.69, 9.17) is 11.6 Å². The number of alkyl halides is 1. The first kappa shape index (κ1) is 9.43. The molecule has 0 amide bonds. The van der Waals surface area contributed by atoms with E-state index in [2.05, 4.69) is 4.74 Å². The van der Waals surface area contributed by atoms with Crippen molar-refractivity contribution in [3.05, 3.63) is 0 Å². The van der Waals surface area contributed by atoms with Crippen molar-refractivity contribution in [3.63, 3.8) is 0 Å². The Morgan fingerprint density at radius 1 is 1.80 bits per heavy atom. The number of hydrogen-bond donors (Lipinski definition) is 0. The minimum absolute atomic E-state index is 0.165. The fourth-order valence-corrected chi connectivity index (χ4v) is 0.403. The highest BCUT2D eigenvalue weighted by atomic mass is 35.5. The SMILES string of the molecule is CC(C=O)C(=O)OCCCl. The van der Waals surface area contributed by atoms with Crippen LogP contribution in [0.2, 0.25) is 0 Å². The van der Waals surface area contributed by atoms with Crippen LogP contribution in [0.4, 0.5) is 0 Å². The van der Waals surface area contributed by atoms with Crippen LogP contribution in [0.5, 0.6) is 0 Å². The molecule has 0 aliphatic rings. The lowest BCUT2D eigenvalue weighted by atomic mass is 10.2. The minimum atomic E-state index is -0.678. The normalized spacial score (nSPS) is 12.2. The van der Waals surface area contributed by atoms with Gasteiger partial charge in [-0.2, -0.15) is 0 Å². The molecule has 1 atom stereocenters. The van der Waals surface area contributed by atoms with Crippen LogP contribution in [0.1, 0.15) is 6.92 Å². The number of carbonyl (C=O) groups excluding carboxylic acids is 2. The summed E-state index contributed by atoms with van der Waals surface area (Å²) in [4.78, 5) is 20.6. The molecule has 58 valence electrons. The van der Waals surface area contributed by atoms with Crippen LogP contribution in [0, 0.1) is 5.92 Å². The number of rotatable bonds is 4. The largest absolute Gasteiger partial charge is 0.464 e. The van der Waals surface area contributed by atoms with Crippen molar-refractivity contribution in [1.82, 2.24) is 0 Å². The van der Waals surface area contributed by atoms with E-state index in [0.29, 0.717) is 6.29 Å². The summed E-state index contributed by atoms with van der Waals surface area (Å²) in [5.41, 5.74) is 0. The maximum absolute atomic E-state index is 10.6. The van der Waals surface area contributed by atoms with Gasteiger partial charge in [0.15, 0.2) is 0 Å². The summed E-state index contributed by atoms with van der Waals surface area (Å²) in [6.07, 6.45) is 0.538. The molecule has 0 rings (SSSR count). The monoisotopic (exact) mass is 164 g/mol. The zero-order chi connectivity index (χ0) is 7.98. The number of carbonyl (C=O) groups is 2. The van der Waals surface area contributed by atoms with Crippen LogP contribution in [-0.4, -0.2) is 24.7 Å². The van der Waals surface area contributed by atoms with Crippen molar-refractivity contribution < 1.29 is 14.3 Å². The third-order valence-corrected chi connectivity index (χ3v) is 1.05. The summed E-state index contributed by atoms with van der Waals surface area (Å²) in [5.74, 6) is -0.934. The van der Waals surface area contributed by atoms with E-state index in [-0.39, 0.29) is 12.5 Å². The van der Waals surface area contributed by atoms with Gasteiger partial charge in [-0.25, -0.2) is 0 Å². The Balaban J connectivity index is 3.51. The van der Waals surface area contributed by atoms with Gasteiger partial charge in [0, 0.05) is 0 Å². The van der Waals surface area contributed by atoms with E-state index >= 15 is 0 Å². The van der Waals surface area contributed by atoms with Gasteiger partial charge in [0.05, 0.1) is 5.88 Å². The van der Waals surface area contributed by atoms with E-state index < -0.39 is 11.9 Å². The summed E-state index contributed by atoms with van der Waals surface area (Å²) >= 11 is 5.23. The molecule has 0 aromatic heterocycles. The molecule has 3 nitrogen and oxygen atoms in total. The van der Waals surface area contributed by atoms with Gasteiger partial charge in [-0.3, -0.25) is 4.79 Å². The van der Waals surface area contributed by atoms with E-state index in [1.807, 2.05) is 0 Å². The molecule has 0 fully saturated rings. The van der Waals surface area contributed by atoms with E-state index in [0.717, 1.165) is 0 Å². The first-order valence-electron chi connectivity index (χ1n) is 2.90. The predicted molar refractivity (Wildman–Crippen MR) is 36.9 cm³/mol. The third kappa shape index (κ3) is 3.45. The van der Waals surface area contributed by atoms with Gasteiger partial charge in [-0.05, 0) is 6.92 Å². The van der Waals surface area contributed by atoms with Crippen LogP contribution in [0.3, 0.4) is 0 Å². The van der Waals surface area contributed by atoms with Gasteiger partial charge in [0.1, 0.15) is 18.8 Å². The quantitative estimate of drug-likeness (QED) is 0.265. The molecule has 0 aliphatic heterocycles. The lowest BCUT2D eigenvalue weighted by molar-refractivity contribution is -0.148. The molecule has 0 bridgehead atoms. The Hall–Kier alpha value is -0.570. The maximum atomic E-state index is 10.6. The molecule has 10 heavy (non-hydrogen) atoms. The zero-order valence-corrected chi connectivity index (χ0v) is 6.43. The van der Waals surface area contributed by atoms with Gasteiger partial charge in [-0.1, -0.05) is 0 Å². The van der Waals surface area contributed by atoms with Crippen LogP contribution in [0.25, 0.3) is 0 Å². The molecule has 4 heteroatoms. The number of esters is 1. The fourth-order valence-electron chi connectivity index (χ4n) is 0.326. The Morgan fingerprint density at radius 3 is 2.80 bits per heavy atom. The van der Waals surface area contributed by atoms with E-state index in [1.165, 1.54) is 6.92 Å².